The van der Waals surface area contributed by atoms with Crippen molar-refractivity contribution >= 4 is 5.78 Å². The molecule has 0 aliphatic heterocycles. The number of hydrogen-bond acceptors (Lipinski definition) is 2. The number of phenolic OH excluding ortho intramolecular Hbond substituents is 1. The van der Waals surface area contributed by atoms with Crippen molar-refractivity contribution < 1.29 is 9.90 Å². The smallest absolute Gasteiger partial charge is 0.158 e. The van der Waals surface area contributed by atoms with Crippen molar-refractivity contribution in [3.05, 3.63) is 42.0 Å². The van der Waals surface area contributed by atoms with Gasteiger partial charge in [0, 0.05) is 6.42 Å². The average molecular weight is 204 g/mol. The van der Waals surface area contributed by atoms with Gasteiger partial charge in [0.15, 0.2) is 5.78 Å². The van der Waals surface area contributed by atoms with Crippen molar-refractivity contribution in [2.75, 3.05) is 0 Å². The van der Waals surface area contributed by atoms with E-state index in [2.05, 4.69) is 0 Å². The lowest BCUT2D eigenvalue weighted by molar-refractivity contribution is -0.115. The molecule has 0 atom stereocenters. The van der Waals surface area contributed by atoms with E-state index in [0.717, 1.165) is 24.8 Å². The molecule has 80 valence electrons. The maximum atomic E-state index is 10.7. The van der Waals surface area contributed by atoms with Crippen LogP contribution < -0.4 is 0 Å². The van der Waals surface area contributed by atoms with Gasteiger partial charge in [-0.3, -0.25) is 4.79 Å². The van der Waals surface area contributed by atoms with Gasteiger partial charge in [-0.1, -0.05) is 24.3 Å². The first kappa shape index (κ1) is 11.5. The van der Waals surface area contributed by atoms with E-state index in [1.54, 1.807) is 24.3 Å². The highest BCUT2D eigenvalue weighted by Crippen LogP contribution is 2.12. The molecular weight excluding hydrogens is 188 g/mol. The number of allylic oxidation sites excluding steroid dienone is 2. The van der Waals surface area contributed by atoms with Crippen molar-refractivity contribution in [2.45, 2.75) is 26.2 Å². The summed E-state index contributed by atoms with van der Waals surface area (Å²) in [6.07, 6.45) is 4.93. The second kappa shape index (κ2) is 6.02. The number of carbonyl (C=O) groups excluding carboxylic acids is 1. The van der Waals surface area contributed by atoms with Crippen LogP contribution >= 0.6 is 0 Å². The molecule has 0 bridgehead atoms. The molecule has 1 aromatic carbocycles. The maximum absolute atomic E-state index is 10.7. The van der Waals surface area contributed by atoms with Crippen LogP contribution in [0.4, 0.5) is 0 Å². The summed E-state index contributed by atoms with van der Waals surface area (Å²) in [7, 11) is 0. The van der Waals surface area contributed by atoms with Crippen LogP contribution in [-0.2, 0) is 4.79 Å². The van der Waals surface area contributed by atoms with Crippen LogP contribution in [0.3, 0.4) is 0 Å². The molecular formula is C13H16O2. The molecule has 15 heavy (non-hydrogen) atoms. The van der Waals surface area contributed by atoms with E-state index >= 15 is 0 Å². The Bertz CT molecular complexity index is 339. The molecule has 2 nitrogen and oxygen atoms in total. The fourth-order valence-corrected chi connectivity index (χ4v) is 1.32. The summed E-state index contributed by atoms with van der Waals surface area (Å²) in [5.74, 6) is 0.652. The summed E-state index contributed by atoms with van der Waals surface area (Å²) >= 11 is 0. The topological polar surface area (TPSA) is 37.3 Å². The Hall–Kier alpha value is -1.57. The summed E-state index contributed by atoms with van der Waals surface area (Å²) in [5.41, 5.74) is 0.955. The summed E-state index contributed by atoms with van der Waals surface area (Å²) in [6, 6.07) is 8.71. The Labute approximate surface area is 90.3 Å². The number of para-hydroxylation sites is 1. The monoisotopic (exact) mass is 204 g/mol. The molecule has 0 aromatic heterocycles. The van der Waals surface area contributed by atoms with Crippen molar-refractivity contribution in [3.63, 3.8) is 0 Å². The zero-order valence-corrected chi connectivity index (χ0v) is 8.94. The van der Waals surface area contributed by atoms with Crippen molar-refractivity contribution in [3.8, 4) is 5.75 Å². The van der Waals surface area contributed by atoms with E-state index in [-0.39, 0.29) is 0 Å². The highest BCUT2D eigenvalue weighted by Gasteiger charge is 2.06. The predicted molar refractivity (Wildman–Crippen MR) is 60.7 cm³/mol. The fraction of sp³-hybridized carbons (Fsp3) is 0.308. The van der Waals surface area contributed by atoms with Gasteiger partial charge in [0.1, 0.15) is 5.75 Å². The first-order valence-corrected chi connectivity index (χ1v) is 5.14. The zero-order valence-electron chi connectivity index (χ0n) is 8.94. The third kappa shape index (κ3) is 4.45. The lowest BCUT2D eigenvalue weighted by atomic mass is 10.00. The minimum Gasteiger partial charge on any atom is -0.508 e. The van der Waals surface area contributed by atoms with E-state index < -0.39 is 0 Å². The second-order valence-electron chi connectivity index (χ2n) is 3.54. The number of phenols is 1. The van der Waals surface area contributed by atoms with E-state index in [1.807, 2.05) is 19.1 Å². The highest BCUT2D eigenvalue weighted by atomic mass is 16.3. The molecule has 1 aliphatic carbocycles. The minimum absolute atomic E-state index is 0.322. The summed E-state index contributed by atoms with van der Waals surface area (Å²) in [4.78, 5) is 10.7. The van der Waals surface area contributed by atoms with Gasteiger partial charge >= 0.3 is 0 Å². The van der Waals surface area contributed by atoms with Crippen LogP contribution in [0.1, 0.15) is 26.2 Å². The van der Waals surface area contributed by atoms with Gasteiger partial charge in [0.25, 0.3) is 0 Å². The van der Waals surface area contributed by atoms with Gasteiger partial charge in [-0.15, -0.1) is 0 Å². The number of benzene rings is 1. The lowest BCUT2D eigenvalue weighted by Crippen LogP contribution is -2.02. The number of hydrogen-bond donors (Lipinski definition) is 1. The first-order chi connectivity index (χ1) is 7.20. The van der Waals surface area contributed by atoms with Crippen LogP contribution in [0.5, 0.6) is 5.75 Å². The van der Waals surface area contributed by atoms with E-state index in [1.165, 1.54) is 0 Å². The number of carbonyl (C=O) groups is 1. The molecule has 0 saturated carbocycles. The molecule has 0 fully saturated rings. The average Bonchev–Trinajstić information content (AvgIpc) is 2.25. The van der Waals surface area contributed by atoms with Gasteiger partial charge in [-0.05, 0) is 37.5 Å². The molecule has 0 amide bonds. The molecule has 1 N–H and O–H groups in total. The van der Waals surface area contributed by atoms with Gasteiger partial charge < -0.3 is 5.11 Å². The van der Waals surface area contributed by atoms with Crippen LogP contribution in [0, 0.1) is 0 Å². The summed E-state index contributed by atoms with van der Waals surface area (Å²) < 4.78 is 0. The van der Waals surface area contributed by atoms with Gasteiger partial charge in [0.2, 0.25) is 0 Å². The fourth-order valence-electron chi connectivity index (χ4n) is 1.32. The summed E-state index contributed by atoms with van der Waals surface area (Å²) in [6.45, 7) is 1.89. The third-order valence-corrected chi connectivity index (χ3v) is 2.25. The second-order valence-corrected chi connectivity index (χ2v) is 3.54. The quantitative estimate of drug-likeness (QED) is 0.705. The van der Waals surface area contributed by atoms with E-state index in [9.17, 15) is 4.79 Å². The Morgan fingerprint density at radius 2 is 1.87 bits per heavy atom. The Kier molecular flexibility index (Phi) is 4.61. The Morgan fingerprint density at radius 1 is 1.20 bits per heavy atom. The number of aromatic hydroxyl groups is 1. The highest BCUT2D eigenvalue weighted by molar-refractivity contribution is 5.95. The van der Waals surface area contributed by atoms with Crippen LogP contribution in [-0.4, -0.2) is 10.9 Å². The molecule has 0 radical (unpaired) electrons. The molecule has 2 heteroatoms. The lowest BCUT2D eigenvalue weighted by Gasteiger charge is -2.04. The standard InChI is InChI=1S/C7H10O.C6H6O/c1-6-4-2-3-5-7(6)8;7-6-4-2-1-3-5-6/h4H,2-3,5H2,1H3;1-5,7H. The molecule has 1 aliphatic rings. The molecule has 2 rings (SSSR count). The number of rotatable bonds is 0. The number of Topliss-reactive ketones (excluding diaryl/α,β-unsaturated/α-hetero) is 1. The van der Waals surface area contributed by atoms with Gasteiger partial charge in [0.05, 0.1) is 0 Å². The van der Waals surface area contributed by atoms with Crippen LogP contribution in [0.15, 0.2) is 42.0 Å². The van der Waals surface area contributed by atoms with E-state index in [4.69, 9.17) is 5.11 Å². The molecule has 0 saturated heterocycles. The molecule has 1 aromatic rings. The molecule has 0 unspecified atom stereocenters. The number of ketones is 1. The molecule has 0 spiro atoms. The third-order valence-electron chi connectivity index (χ3n) is 2.25. The normalized spacial score (nSPS) is 15.0. The SMILES string of the molecule is CC1=CCCCC1=O.Oc1ccccc1. The zero-order chi connectivity index (χ0) is 11.1. The maximum Gasteiger partial charge on any atom is 0.158 e. The minimum atomic E-state index is 0.322. The largest absolute Gasteiger partial charge is 0.508 e. The van der Waals surface area contributed by atoms with E-state index in [0.29, 0.717) is 11.5 Å². The predicted octanol–water partition coefficient (Wildman–Crippen LogP) is 3.08. The van der Waals surface area contributed by atoms with Gasteiger partial charge in [-0.25, -0.2) is 0 Å². The summed E-state index contributed by atoms with van der Waals surface area (Å²) in [5, 5.41) is 8.63. The van der Waals surface area contributed by atoms with Crippen LogP contribution in [0.25, 0.3) is 0 Å². The van der Waals surface area contributed by atoms with Crippen molar-refractivity contribution in [1.29, 1.82) is 0 Å². The molecule has 0 heterocycles. The Balaban J connectivity index is 0.000000151. The van der Waals surface area contributed by atoms with Gasteiger partial charge in [-0.2, -0.15) is 0 Å². The van der Waals surface area contributed by atoms with Crippen molar-refractivity contribution in [2.24, 2.45) is 0 Å². The Morgan fingerprint density at radius 3 is 2.20 bits per heavy atom. The first-order valence-electron chi connectivity index (χ1n) is 5.14. The van der Waals surface area contributed by atoms with Crippen molar-refractivity contribution in [1.82, 2.24) is 0 Å². The van der Waals surface area contributed by atoms with Crippen LogP contribution in [0.2, 0.25) is 0 Å².